The normalized spacial score (nSPS) is 24.4. The van der Waals surface area contributed by atoms with Gasteiger partial charge in [-0.05, 0) is 61.9 Å². The van der Waals surface area contributed by atoms with Gasteiger partial charge in [-0.15, -0.1) is 5.10 Å². The first kappa shape index (κ1) is 24.7. The number of benzene rings is 1. The van der Waals surface area contributed by atoms with E-state index in [0.717, 1.165) is 56.2 Å². The number of hydrogen-bond acceptors (Lipinski definition) is 7. The van der Waals surface area contributed by atoms with Gasteiger partial charge in [0.2, 0.25) is 5.28 Å². The summed E-state index contributed by atoms with van der Waals surface area (Å²) < 4.78 is 7.61. The van der Waals surface area contributed by atoms with Crippen LogP contribution in [-0.2, 0) is 11.3 Å². The Morgan fingerprint density at radius 2 is 1.91 bits per heavy atom. The summed E-state index contributed by atoms with van der Waals surface area (Å²) in [6.45, 7) is 9.92. The van der Waals surface area contributed by atoms with E-state index in [1.807, 2.05) is 16.8 Å². The lowest BCUT2D eigenvalue weighted by atomic mass is 9.96. The summed E-state index contributed by atoms with van der Waals surface area (Å²) in [6, 6.07) is 9.19. The lowest BCUT2D eigenvalue weighted by Crippen LogP contribution is -2.58. The Bertz CT molecular complexity index is 1150. The number of fused-ring (bicyclic) bond motifs is 1. The van der Waals surface area contributed by atoms with Crippen LogP contribution >= 0.6 is 23.2 Å². The maximum absolute atomic E-state index is 6.43. The maximum atomic E-state index is 6.43. The molecule has 0 N–H and O–H groups in total. The number of rotatable bonds is 7. The molecule has 0 saturated carbocycles. The Kier molecular flexibility index (Phi) is 7.44. The van der Waals surface area contributed by atoms with Gasteiger partial charge in [0.1, 0.15) is 0 Å². The molecule has 0 radical (unpaired) electrons. The van der Waals surface area contributed by atoms with Crippen LogP contribution in [0.15, 0.2) is 24.3 Å². The van der Waals surface area contributed by atoms with Crippen LogP contribution in [0, 0.1) is 0 Å². The number of halogens is 2. The largest absolute Gasteiger partial charge is 0.376 e. The van der Waals surface area contributed by atoms with Crippen molar-refractivity contribution in [3.05, 3.63) is 40.1 Å². The van der Waals surface area contributed by atoms with Crippen molar-refractivity contribution in [3.63, 3.8) is 0 Å². The van der Waals surface area contributed by atoms with Gasteiger partial charge in [0.15, 0.2) is 17.0 Å². The molecule has 188 valence electrons. The number of anilines is 1. The third-order valence-corrected chi connectivity index (χ3v) is 7.81. The highest BCUT2D eigenvalue weighted by atomic mass is 35.5. The molecule has 2 fully saturated rings. The summed E-state index contributed by atoms with van der Waals surface area (Å²) in [4.78, 5) is 14.1. The maximum Gasteiger partial charge on any atom is 0.226 e. The van der Waals surface area contributed by atoms with Crippen molar-refractivity contribution in [2.75, 3.05) is 24.6 Å². The van der Waals surface area contributed by atoms with Crippen LogP contribution in [0.5, 0.6) is 0 Å². The summed E-state index contributed by atoms with van der Waals surface area (Å²) in [5.41, 5.74) is 2.68. The first-order valence-electron chi connectivity index (χ1n) is 12.6. The van der Waals surface area contributed by atoms with Gasteiger partial charge < -0.3 is 9.64 Å². The third-order valence-electron chi connectivity index (χ3n) is 7.39. The summed E-state index contributed by atoms with van der Waals surface area (Å²) in [5.74, 6) is 0.767. The molecule has 4 atom stereocenters. The molecule has 35 heavy (non-hydrogen) atoms. The van der Waals surface area contributed by atoms with E-state index in [2.05, 4.69) is 63.0 Å². The topological polar surface area (TPSA) is 72.2 Å². The van der Waals surface area contributed by atoms with E-state index >= 15 is 0 Å². The molecule has 2 aromatic heterocycles. The van der Waals surface area contributed by atoms with E-state index in [0.29, 0.717) is 29.8 Å². The highest BCUT2D eigenvalue weighted by Crippen LogP contribution is 2.35. The molecule has 0 amide bonds. The first-order chi connectivity index (χ1) is 17.0. The minimum Gasteiger partial charge on any atom is -0.376 e. The number of piperazine rings is 1. The molecule has 1 unspecified atom stereocenters. The fourth-order valence-electron chi connectivity index (χ4n) is 5.57. The Labute approximate surface area is 216 Å². The highest BCUT2D eigenvalue weighted by Gasteiger charge is 2.37. The van der Waals surface area contributed by atoms with Crippen molar-refractivity contribution >= 4 is 40.2 Å². The molecule has 0 bridgehead atoms. The summed E-state index contributed by atoms with van der Waals surface area (Å²) in [5, 5.41) is 9.89. The molecule has 10 heteroatoms. The van der Waals surface area contributed by atoms with Crippen molar-refractivity contribution in [3.8, 4) is 0 Å². The van der Waals surface area contributed by atoms with Crippen molar-refractivity contribution in [1.82, 2.24) is 29.9 Å². The fourth-order valence-corrected chi connectivity index (χ4v) is 5.86. The Morgan fingerprint density at radius 3 is 2.60 bits per heavy atom. The van der Waals surface area contributed by atoms with Crippen molar-refractivity contribution in [1.29, 1.82) is 0 Å². The lowest BCUT2D eigenvalue weighted by molar-refractivity contribution is 0.0940. The Hall–Kier alpha value is -2.00. The molecular formula is C25H33Cl2N7O. The second-order valence-corrected chi connectivity index (χ2v) is 10.4. The van der Waals surface area contributed by atoms with E-state index in [9.17, 15) is 0 Å². The van der Waals surface area contributed by atoms with Crippen LogP contribution in [0.4, 0.5) is 5.82 Å². The van der Waals surface area contributed by atoms with Gasteiger partial charge in [-0.1, -0.05) is 42.8 Å². The minimum absolute atomic E-state index is 0.142. The van der Waals surface area contributed by atoms with Gasteiger partial charge in [0.25, 0.3) is 0 Å². The zero-order valence-corrected chi connectivity index (χ0v) is 22.1. The number of nitrogens with zero attached hydrogens (tertiary/aromatic N) is 7. The highest BCUT2D eigenvalue weighted by molar-refractivity contribution is 6.30. The van der Waals surface area contributed by atoms with E-state index in [1.165, 1.54) is 5.56 Å². The zero-order valence-electron chi connectivity index (χ0n) is 20.6. The predicted molar refractivity (Wildman–Crippen MR) is 139 cm³/mol. The molecule has 0 spiro atoms. The zero-order chi connectivity index (χ0) is 24.5. The first-order valence-corrected chi connectivity index (χ1v) is 13.4. The van der Waals surface area contributed by atoms with Crippen LogP contribution in [-0.4, -0.2) is 67.7 Å². The standard InChI is InChI=1S/C25H33Cl2N7O/c1-4-19-14-32(16(3)13-33(19)21(5-2)17-8-10-18(26)11-9-17)23-22-24(29-25(27)28-23)34(31-30-22)15-20-7-6-12-35-20/h8-11,16,19-21H,4-7,12-15H2,1-3H3/t16-,19+,20+,21?/m0/s1. The van der Waals surface area contributed by atoms with Gasteiger partial charge in [0.05, 0.1) is 12.6 Å². The van der Waals surface area contributed by atoms with E-state index in [4.69, 9.17) is 27.9 Å². The van der Waals surface area contributed by atoms with Gasteiger partial charge in [0, 0.05) is 42.8 Å². The molecule has 1 aromatic carbocycles. The van der Waals surface area contributed by atoms with Crippen LogP contribution in [0.1, 0.15) is 58.1 Å². The number of hydrogen-bond donors (Lipinski definition) is 0. The average Bonchev–Trinajstić information content (AvgIpc) is 3.51. The molecule has 4 heterocycles. The molecule has 2 aliphatic rings. The molecular weight excluding hydrogens is 485 g/mol. The average molecular weight is 518 g/mol. The monoisotopic (exact) mass is 517 g/mol. The molecule has 8 nitrogen and oxygen atoms in total. The van der Waals surface area contributed by atoms with Crippen molar-refractivity contribution in [2.24, 2.45) is 0 Å². The minimum atomic E-state index is 0.142. The fraction of sp³-hybridized carbons (Fsp3) is 0.600. The third kappa shape index (κ3) is 4.99. The summed E-state index contributed by atoms with van der Waals surface area (Å²) >= 11 is 12.6. The van der Waals surface area contributed by atoms with Crippen LogP contribution < -0.4 is 4.90 Å². The second-order valence-electron chi connectivity index (χ2n) is 9.63. The van der Waals surface area contributed by atoms with Gasteiger partial charge in [-0.25, -0.2) is 4.68 Å². The van der Waals surface area contributed by atoms with Gasteiger partial charge in [-0.2, -0.15) is 9.97 Å². The number of aromatic nitrogens is 5. The number of ether oxygens (including phenoxy) is 1. The molecule has 3 aromatic rings. The molecule has 2 saturated heterocycles. The van der Waals surface area contributed by atoms with Crippen molar-refractivity contribution < 1.29 is 4.74 Å². The summed E-state index contributed by atoms with van der Waals surface area (Å²) in [7, 11) is 0. The smallest absolute Gasteiger partial charge is 0.226 e. The van der Waals surface area contributed by atoms with Gasteiger partial charge >= 0.3 is 0 Å². The second kappa shape index (κ2) is 10.5. The van der Waals surface area contributed by atoms with E-state index in [-0.39, 0.29) is 17.4 Å². The summed E-state index contributed by atoms with van der Waals surface area (Å²) in [6.07, 6.45) is 4.30. The van der Waals surface area contributed by atoms with E-state index < -0.39 is 0 Å². The van der Waals surface area contributed by atoms with Crippen molar-refractivity contribution in [2.45, 2.75) is 77.2 Å². The Balaban J connectivity index is 1.43. The van der Waals surface area contributed by atoms with Crippen LogP contribution in [0.2, 0.25) is 10.3 Å². The predicted octanol–water partition coefficient (Wildman–Crippen LogP) is 5.15. The Morgan fingerprint density at radius 1 is 1.11 bits per heavy atom. The lowest BCUT2D eigenvalue weighted by Gasteiger charge is -2.48. The SMILES string of the molecule is CCC(c1ccc(Cl)cc1)N1C[C@H](C)N(c2nc(Cl)nc3c2nnn3C[C@H]2CCCO2)C[C@H]1CC. The quantitative estimate of drug-likeness (QED) is 0.401. The van der Waals surface area contributed by atoms with E-state index in [1.54, 1.807) is 0 Å². The molecule has 0 aliphatic carbocycles. The molecule has 5 rings (SSSR count). The van der Waals surface area contributed by atoms with Crippen LogP contribution in [0.25, 0.3) is 11.2 Å². The molecule has 2 aliphatic heterocycles. The van der Waals surface area contributed by atoms with Crippen LogP contribution in [0.3, 0.4) is 0 Å². The van der Waals surface area contributed by atoms with Gasteiger partial charge in [-0.3, -0.25) is 4.90 Å².